The molecule has 0 unspecified atom stereocenters. The van der Waals surface area contributed by atoms with Crippen LogP contribution < -0.4 is 21.1 Å². The van der Waals surface area contributed by atoms with E-state index in [1.54, 1.807) is 31.2 Å². The number of hydrogen-bond acceptors (Lipinski definition) is 8. The zero-order valence-corrected chi connectivity index (χ0v) is 31.1. The lowest BCUT2D eigenvalue weighted by atomic mass is 10.0. The number of hydrogen-bond donors (Lipinski definition) is 4. The largest absolute Gasteiger partial charge is 0.372 e. The van der Waals surface area contributed by atoms with E-state index >= 15 is 0 Å². The van der Waals surface area contributed by atoms with Crippen molar-refractivity contribution in [1.29, 1.82) is 0 Å². The van der Waals surface area contributed by atoms with Crippen molar-refractivity contribution < 1.29 is 32.3 Å². The Labute approximate surface area is 310 Å². The van der Waals surface area contributed by atoms with Crippen molar-refractivity contribution in [3.63, 3.8) is 0 Å². The third-order valence-corrected chi connectivity index (χ3v) is 9.88. The van der Waals surface area contributed by atoms with Gasteiger partial charge in [-0.05, 0) is 74.4 Å². The van der Waals surface area contributed by atoms with Crippen LogP contribution in [0, 0.1) is 0 Å². The highest BCUT2D eigenvalue weighted by Crippen LogP contribution is 2.25. The van der Waals surface area contributed by atoms with Gasteiger partial charge in [0.2, 0.25) is 27.6 Å². The SMILES string of the molecule is C[C@H](NC(=O)C(=O)[C@H](CCCCN)NC(=O)[C@@H]1C[C@@H](OCc2ccc(Cl)cc2)CN1C(=O)[C@@H](CCc1ccccc1)NS(C)(=O)=O)c1ccccc1. The predicted molar refractivity (Wildman–Crippen MR) is 200 cm³/mol. The fraction of sp³-hybridized carbons (Fsp3) is 0.421. The standard InChI is InChI=1S/C38H48ClN5O7S/c1-26(29-13-7-4-8-14-29)41-37(47)35(45)32(15-9-10-22-40)42-36(46)34-23-31(51-25-28-16-19-30(39)20-17-28)24-44(34)38(48)33(43-52(2,49)50)21-18-27-11-5-3-6-12-27/h3-8,11-14,16-17,19-20,26,31-34,43H,9-10,15,18,21-25,40H2,1-2H3,(H,41,47)(H,42,46)/t26-,31+,32-,33+,34-/m0/s1. The van der Waals surface area contributed by atoms with E-state index in [1.165, 1.54) is 4.90 Å². The number of aryl methyl sites for hydroxylation is 1. The van der Waals surface area contributed by atoms with Gasteiger partial charge in [-0.15, -0.1) is 0 Å². The number of ether oxygens (including phenoxy) is 1. The first-order chi connectivity index (χ1) is 24.8. The average Bonchev–Trinajstić information content (AvgIpc) is 3.57. The lowest BCUT2D eigenvalue weighted by Gasteiger charge is -2.29. The second kappa shape index (κ2) is 19.6. The molecule has 1 heterocycles. The number of Topliss-reactive ketones (excluding diaryl/α,β-unsaturated/α-hetero) is 1. The molecule has 1 saturated heterocycles. The first-order valence-corrected chi connectivity index (χ1v) is 19.7. The Bertz CT molecular complexity index is 1750. The highest BCUT2D eigenvalue weighted by molar-refractivity contribution is 7.88. The molecular formula is C38H48ClN5O7S. The van der Waals surface area contributed by atoms with E-state index in [1.807, 2.05) is 60.7 Å². The van der Waals surface area contributed by atoms with Crippen LogP contribution in [0.1, 0.15) is 61.8 Å². The summed E-state index contributed by atoms with van der Waals surface area (Å²) in [5, 5.41) is 6.04. The monoisotopic (exact) mass is 753 g/mol. The van der Waals surface area contributed by atoms with E-state index in [-0.39, 0.29) is 32.4 Å². The van der Waals surface area contributed by atoms with E-state index in [2.05, 4.69) is 15.4 Å². The van der Waals surface area contributed by atoms with Crippen LogP contribution in [-0.4, -0.2) is 80.4 Å². The van der Waals surface area contributed by atoms with Gasteiger partial charge in [0.1, 0.15) is 12.1 Å². The van der Waals surface area contributed by atoms with Gasteiger partial charge in [-0.2, -0.15) is 0 Å². The molecule has 0 bridgehead atoms. The van der Waals surface area contributed by atoms with Crippen molar-refractivity contribution in [3.05, 3.63) is 107 Å². The summed E-state index contributed by atoms with van der Waals surface area (Å²) >= 11 is 6.03. The van der Waals surface area contributed by atoms with Crippen LogP contribution in [0.4, 0.5) is 0 Å². The number of carbonyl (C=O) groups is 4. The fourth-order valence-electron chi connectivity index (χ4n) is 6.13. The van der Waals surface area contributed by atoms with Crippen molar-refractivity contribution in [3.8, 4) is 0 Å². The lowest BCUT2D eigenvalue weighted by molar-refractivity contribution is -0.143. The molecule has 1 fully saturated rings. The van der Waals surface area contributed by atoms with Gasteiger partial charge in [0.25, 0.3) is 5.91 Å². The molecule has 1 aliphatic rings. The van der Waals surface area contributed by atoms with E-state index in [9.17, 15) is 27.6 Å². The van der Waals surface area contributed by atoms with Gasteiger partial charge in [0.05, 0.1) is 31.1 Å². The maximum atomic E-state index is 14.2. The molecule has 0 radical (unpaired) electrons. The van der Waals surface area contributed by atoms with E-state index in [0.29, 0.717) is 30.8 Å². The zero-order valence-electron chi connectivity index (χ0n) is 29.5. The number of ketones is 1. The van der Waals surface area contributed by atoms with Gasteiger partial charge in [0.15, 0.2) is 0 Å². The van der Waals surface area contributed by atoms with Crippen LogP contribution in [0.25, 0.3) is 0 Å². The topological polar surface area (TPSA) is 177 Å². The summed E-state index contributed by atoms with van der Waals surface area (Å²) in [6.07, 6.45) is 2.18. The Hall–Kier alpha value is -4.14. The van der Waals surface area contributed by atoms with Gasteiger partial charge in [-0.1, -0.05) is 84.4 Å². The third-order valence-electron chi connectivity index (χ3n) is 8.92. The van der Waals surface area contributed by atoms with Crippen molar-refractivity contribution in [2.45, 2.75) is 82.3 Å². The Kier molecular flexibility index (Phi) is 15.3. The number of amides is 3. The molecular weight excluding hydrogens is 706 g/mol. The summed E-state index contributed by atoms with van der Waals surface area (Å²) in [4.78, 5) is 56.4. The minimum Gasteiger partial charge on any atom is -0.372 e. The van der Waals surface area contributed by atoms with Crippen LogP contribution in [0.5, 0.6) is 0 Å². The molecule has 3 aromatic rings. The van der Waals surface area contributed by atoms with Crippen LogP contribution in [-0.2, 0) is 47.0 Å². The van der Waals surface area contributed by atoms with Crippen LogP contribution in [0.3, 0.4) is 0 Å². The molecule has 280 valence electrons. The summed E-state index contributed by atoms with van der Waals surface area (Å²) in [5.41, 5.74) is 8.24. The molecule has 4 rings (SSSR count). The molecule has 0 spiro atoms. The number of sulfonamides is 1. The lowest BCUT2D eigenvalue weighted by Crippen LogP contribution is -2.56. The number of likely N-dealkylation sites (tertiary alicyclic amines) is 1. The molecule has 5 N–H and O–H groups in total. The highest BCUT2D eigenvalue weighted by atomic mass is 35.5. The third kappa shape index (κ3) is 12.5. The number of nitrogens with zero attached hydrogens (tertiary/aromatic N) is 1. The van der Waals surface area contributed by atoms with Crippen molar-refractivity contribution in [2.24, 2.45) is 5.73 Å². The van der Waals surface area contributed by atoms with Crippen molar-refractivity contribution >= 4 is 45.1 Å². The molecule has 5 atom stereocenters. The number of benzene rings is 3. The minimum absolute atomic E-state index is 0.00134. The molecule has 0 saturated carbocycles. The fourth-order valence-corrected chi connectivity index (χ4v) is 6.99. The number of halogens is 1. The Balaban J connectivity index is 1.56. The normalized spacial score (nSPS) is 17.6. The summed E-state index contributed by atoms with van der Waals surface area (Å²) in [6, 6.07) is 21.6. The second-order valence-corrected chi connectivity index (χ2v) is 15.3. The number of nitrogens with two attached hydrogens (primary N) is 1. The molecule has 3 aromatic carbocycles. The van der Waals surface area contributed by atoms with Crippen LogP contribution in [0.2, 0.25) is 5.02 Å². The van der Waals surface area contributed by atoms with Gasteiger partial charge in [0, 0.05) is 18.0 Å². The molecule has 0 aromatic heterocycles. The summed E-state index contributed by atoms with van der Waals surface area (Å²) in [6.45, 7) is 2.30. The van der Waals surface area contributed by atoms with E-state index in [0.717, 1.165) is 22.9 Å². The van der Waals surface area contributed by atoms with E-state index in [4.69, 9.17) is 22.1 Å². The minimum atomic E-state index is -3.83. The van der Waals surface area contributed by atoms with E-state index < -0.39 is 63.8 Å². The number of rotatable bonds is 19. The van der Waals surface area contributed by atoms with Crippen LogP contribution in [0.15, 0.2) is 84.9 Å². The number of unbranched alkanes of at least 4 members (excludes halogenated alkanes) is 1. The molecule has 12 nitrogen and oxygen atoms in total. The Morgan fingerprint density at radius 2 is 1.54 bits per heavy atom. The number of nitrogens with one attached hydrogen (secondary N) is 3. The van der Waals surface area contributed by atoms with Crippen molar-refractivity contribution in [2.75, 3.05) is 19.3 Å². The smallest absolute Gasteiger partial charge is 0.290 e. The second-order valence-electron chi connectivity index (χ2n) is 13.1. The first-order valence-electron chi connectivity index (χ1n) is 17.4. The molecule has 0 aliphatic carbocycles. The Morgan fingerprint density at radius 3 is 2.17 bits per heavy atom. The van der Waals surface area contributed by atoms with Gasteiger partial charge < -0.3 is 26.0 Å². The first kappa shape index (κ1) is 40.6. The van der Waals surface area contributed by atoms with Gasteiger partial charge in [-0.25, -0.2) is 13.1 Å². The van der Waals surface area contributed by atoms with Gasteiger partial charge in [-0.3, -0.25) is 19.2 Å². The summed E-state index contributed by atoms with van der Waals surface area (Å²) in [5.74, 6) is -2.92. The summed E-state index contributed by atoms with van der Waals surface area (Å²) in [7, 11) is -3.83. The van der Waals surface area contributed by atoms with Gasteiger partial charge >= 0.3 is 0 Å². The molecule has 1 aliphatic heterocycles. The quantitative estimate of drug-likeness (QED) is 0.106. The Morgan fingerprint density at radius 1 is 0.885 bits per heavy atom. The maximum absolute atomic E-state index is 14.2. The number of carbonyl (C=O) groups excluding carboxylic acids is 4. The maximum Gasteiger partial charge on any atom is 0.290 e. The average molecular weight is 754 g/mol. The summed E-state index contributed by atoms with van der Waals surface area (Å²) < 4.78 is 33.5. The molecule has 3 amide bonds. The molecule has 52 heavy (non-hydrogen) atoms. The van der Waals surface area contributed by atoms with Crippen molar-refractivity contribution in [1.82, 2.24) is 20.3 Å². The molecule has 14 heteroatoms. The highest BCUT2D eigenvalue weighted by Gasteiger charge is 2.43. The zero-order chi connectivity index (χ0) is 37.7. The van der Waals surface area contributed by atoms with Crippen LogP contribution >= 0.6 is 11.6 Å². The predicted octanol–water partition coefficient (Wildman–Crippen LogP) is 3.44.